The highest BCUT2D eigenvalue weighted by atomic mass is 79.9. The van der Waals surface area contributed by atoms with Crippen LogP contribution in [-0.2, 0) is 6.54 Å². The summed E-state index contributed by atoms with van der Waals surface area (Å²) in [6.07, 6.45) is 2.38. The lowest BCUT2D eigenvalue weighted by molar-refractivity contribution is -0.386. The molecule has 0 bridgehead atoms. The van der Waals surface area contributed by atoms with Gasteiger partial charge in [0.15, 0.2) is 5.78 Å². The average Bonchev–Trinajstić information content (AvgIpc) is 2.43. The number of rotatable bonds is 4. The molecule has 0 spiro atoms. The van der Waals surface area contributed by atoms with Gasteiger partial charge in [-0.05, 0) is 40.2 Å². The van der Waals surface area contributed by atoms with E-state index in [1.54, 1.807) is 24.3 Å². The van der Waals surface area contributed by atoms with Crippen LogP contribution in [0.2, 0.25) is 5.02 Å². The van der Waals surface area contributed by atoms with Crippen molar-refractivity contribution in [3.63, 3.8) is 0 Å². The lowest BCUT2D eigenvalue weighted by Gasteiger charge is -2.06. The number of aromatic nitrogens is 1. The molecule has 2 aromatic rings. The van der Waals surface area contributed by atoms with Crippen molar-refractivity contribution in [2.75, 3.05) is 0 Å². The number of benzene rings is 1. The third kappa shape index (κ3) is 3.56. The van der Waals surface area contributed by atoms with Crippen molar-refractivity contribution >= 4 is 39.0 Å². The highest BCUT2D eigenvalue weighted by Crippen LogP contribution is 2.13. The molecule has 0 saturated heterocycles. The van der Waals surface area contributed by atoms with Crippen LogP contribution in [0.15, 0.2) is 45.9 Å². The second kappa shape index (κ2) is 6.19. The first-order valence-electron chi connectivity index (χ1n) is 5.71. The Labute approximate surface area is 132 Å². The van der Waals surface area contributed by atoms with Gasteiger partial charge in [-0.15, -0.1) is 0 Å². The summed E-state index contributed by atoms with van der Waals surface area (Å²) in [5.74, 6) is -0.253. The van der Waals surface area contributed by atoms with Gasteiger partial charge in [-0.25, -0.2) is 0 Å². The van der Waals surface area contributed by atoms with Gasteiger partial charge in [-0.3, -0.25) is 19.7 Å². The first kappa shape index (κ1) is 15.4. The Morgan fingerprint density at radius 2 is 1.90 bits per heavy atom. The predicted molar refractivity (Wildman–Crippen MR) is 80.8 cm³/mol. The molecule has 0 fully saturated rings. The Hall–Kier alpha value is -1.99. The first-order chi connectivity index (χ1) is 9.88. The summed E-state index contributed by atoms with van der Waals surface area (Å²) in [4.78, 5) is 33.6. The maximum Gasteiger partial charge on any atom is 0.333 e. The summed E-state index contributed by atoms with van der Waals surface area (Å²) in [5.41, 5.74) is -0.889. The SMILES string of the molecule is O=C(Cn1cc(Br)c(=O)c([N+](=O)[O-])c1)c1ccc(Cl)cc1. The Morgan fingerprint density at radius 1 is 1.29 bits per heavy atom. The number of hydrogen-bond donors (Lipinski definition) is 0. The minimum atomic E-state index is -0.781. The van der Waals surface area contributed by atoms with Gasteiger partial charge in [-0.2, -0.15) is 0 Å². The number of Topliss-reactive ketones (excluding diaryl/α,β-unsaturated/α-hetero) is 1. The second-order valence-corrected chi connectivity index (χ2v) is 5.47. The van der Waals surface area contributed by atoms with Gasteiger partial charge < -0.3 is 4.57 Å². The molecule has 1 aromatic heterocycles. The van der Waals surface area contributed by atoms with Crippen LogP contribution in [-0.4, -0.2) is 15.3 Å². The van der Waals surface area contributed by atoms with Crippen molar-refractivity contribution in [3.05, 3.63) is 72.1 Å². The van der Waals surface area contributed by atoms with Crippen molar-refractivity contribution in [1.82, 2.24) is 4.57 Å². The zero-order valence-electron chi connectivity index (χ0n) is 10.5. The van der Waals surface area contributed by atoms with E-state index in [1.165, 1.54) is 10.8 Å². The largest absolute Gasteiger partial charge is 0.339 e. The van der Waals surface area contributed by atoms with Gasteiger partial charge in [0.2, 0.25) is 0 Å². The number of ketones is 1. The van der Waals surface area contributed by atoms with Crippen LogP contribution in [0, 0.1) is 10.1 Å². The molecule has 21 heavy (non-hydrogen) atoms. The smallest absolute Gasteiger partial charge is 0.333 e. The number of halogens is 2. The molecule has 0 unspecified atom stereocenters. The van der Waals surface area contributed by atoms with Crippen LogP contribution in [0.5, 0.6) is 0 Å². The minimum absolute atomic E-state index is 0.0283. The second-order valence-electron chi connectivity index (χ2n) is 4.18. The quantitative estimate of drug-likeness (QED) is 0.470. The highest BCUT2D eigenvalue weighted by Gasteiger charge is 2.17. The fourth-order valence-corrected chi connectivity index (χ4v) is 2.29. The van der Waals surface area contributed by atoms with Crippen LogP contribution in [0.1, 0.15) is 10.4 Å². The van der Waals surface area contributed by atoms with E-state index in [0.29, 0.717) is 10.6 Å². The topological polar surface area (TPSA) is 82.2 Å². The lowest BCUT2D eigenvalue weighted by atomic mass is 10.1. The van der Waals surface area contributed by atoms with Crippen molar-refractivity contribution in [2.45, 2.75) is 6.54 Å². The zero-order chi connectivity index (χ0) is 15.6. The van der Waals surface area contributed by atoms with E-state index in [-0.39, 0.29) is 16.8 Å². The number of pyridine rings is 1. The molecule has 0 aliphatic heterocycles. The van der Waals surface area contributed by atoms with E-state index >= 15 is 0 Å². The molecule has 0 amide bonds. The van der Waals surface area contributed by atoms with Crippen LogP contribution in [0.25, 0.3) is 0 Å². The number of carbonyl (C=O) groups is 1. The summed E-state index contributed by atoms with van der Waals surface area (Å²) >= 11 is 8.69. The van der Waals surface area contributed by atoms with Crippen molar-refractivity contribution in [3.8, 4) is 0 Å². The maximum absolute atomic E-state index is 12.1. The molecule has 1 heterocycles. The molecule has 0 aliphatic rings. The van der Waals surface area contributed by atoms with Gasteiger partial charge in [-0.1, -0.05) is 11.6 Å². The maximum atomic E-state index is 12.1. The number of carbonyl (C=O) groups excluding carboxylic acids is 1. The molecule has 8 heteroatoms. The molecule has 108 valence electrons. The standard InChI is InChI=1S/C13H8BrClN2O4/c14-10-5-16(6-11(13(10)19)17(20)21)7-12(18)8-1-3-9(15)4-2-8/h1-6H,7H2. The monoisotopic (exact) mass is 370 g/mol. The van der Waals surface area contributed by atoms with E-state index in [9.17, 15) is 19.7 Å². The molecule has 1 aromatic carbocycles. The average molecular weight is 372 g/mol. The fourth-order valence-electron chi connectivity index (χ4n) is 1.69. The van der Waals surface area contributed by atoms with Gasteiger partial charge in [0.05, 0.1) is 22.1 Å². The molecular formula is C13H8BrClN2O4. The van der Waals surface area contributed by atoms with Crippen LogP contribution < -0.4 is 5.43 Å². The van der Waals surface area contributed by atoms with E-state index in [4.69, 9.17) is 11.6 Å². The Bertz CT molecular complexity index is 771. The minimum Gasteiger partial charge on any atom is -0.339 e. The van der Waals surface area contributed by atoms with Crippen LogP contribution >= 0.6 is 27.5 Å². The Balaban J connectivity index is 2.31. The normalized spacial score (nSPS) is 10.4. The number of hydrogen-bond acceptors (Lipinski definition) is 4. The highest BCUT2D eigenvalue weighted by molar-refractivity contribution is 9.10. The third-order valence-corrected chi connectivity index (χ3v) is 3.52. The van der Waals surface area contributed by atoms with Gasteiger partial charge in [0.25, 0.3) is 5.43 Å². The predicted octanol–water partition coefficient (Wildman–Crippen LogP) is 3.06. The van der Waals surface area contributed by atoms with Gasteiger partial charge >= 0.3 is 5.69 Å². The Kier molecular flexibility index (Phi) is 4.54. The van der Waals surface area contributed by atoms with E-state index in [0.717, 1.165) is 6.20 Å². The Morgan fingerprint density at radius 3 is 2.48 bits per heavy atom. The summed E-state index contributed by atoms with van der Waals surface area (Å²) in [5, 5.41) is 11.3. The summed E-state index contributed by atoms with van der Waals surface area (Å²) in [6, 6.07) is 6.30. The summed E-state index contributed by atoms with van der Waals surface area (Å²) in [6.45, 7) is -0.124. The van der Waals surface area contributed by atoms with Crippen LogP contribution in [0.4, 0.5) is 5.69 Å². The zero-order valence-corrected chi connectivity index (χ0v) is 12.8. The van der Waals surface area contributed by atoms with Crippen molar-refractivity contribution in [1.29, 1.82) is 0 Å². The summed E-state index contributed by atoms with van der Waals surface area (Å²) in [7, 11) is 0. The van der Waals surface area contributed by atoms with Crippen molar-refractivity contribution < 1.29 is 9.72 Å². The van der Waals surface area contributed by atoms with Gasteiger partial charge in [0.1, 0.15) is 0 Å². The first-order valence-corrected chi connectivity index (χ1v) is 6.88. The van der Waals surface area contributed by atoms with E-state index in [1.807, 2.05) is 0 Å². The molecular weight excluding hydrogens is 364 g/mol. The molecule has 2 rings (SSSR count). The third-order valence-electron chi connectivity index (χ3n) is 2.71. The molecule has 0 atom stereocenters. The molecule has 0 radical (unpaired) electrons. The molecule has 0 aliphatic carbocycles. The van der Waals surface area contributed by atoms with Crippen LogP contribution in [0.3, 0.4) is 0 Å². The lowest BCUT2D eigenvalue weighted by Crippen LogP contribution is -2.16. The number of nitro groups is 1. The van der Waals surface area contributed by atoms with Crippen molar-refractivity contribution in [2.24, 2.45) is 0 Å². The fraction of sp³-hybridized carbons (Fsp3) is 0.0769. The van der Waals surface area contributed by atoms with E-state index < -0.39 is 16.0 Å². The van der Waals surface area contributed by atoms with E-state index in [2.05, 4.69) is 15.9 Å². The molecule has 0 N–H and O–H groups in total. The number of nitrogens with zero attached hydrogens (tertiary/aromatic N) is 2. The molecule has 6 nitrogen and oxygen atoms in total. The molecule has 0 saturated carbocycles. The summed E-state index contributed by atoms with van der Waals surface area (Å²) < 4.78 is 1.32. The van der Waals surface area contributed by atoms with Gasteiger partial charge in [0, 0.05) is 16.8 Å².